The van der Waals surface area contributed by atoms with Crippen LogP contribution < -0.4 is 0 Å². The predicted octanol–water partition coefficient (Wildman–Crippen LogP) is 1.68. The average molecular weight is 226 g/mol. The van der Waals surface area contributed by atoms with Crippen LogP contribution in [0.25, 0.3) is 0 Å². The Labute approximate surface area is 97.2 Å². The van der Waals surface area contributed by atoms with Crippen LogP contribution in [0.15, 0.2) is 12.2 Å². The second-order valence-corrected chi connectivity index (χ2v) is 5.65. The first-order valence-corrected chi connectivity index (χ1v) is 5.79. The summed E-state index contributed by atoms with van der Waals surface area (Å²) in [6, 6.07) is 0. The Balaban J connectivity index is 3.02. The molecule has 1 aliphatic rings. The predicted molar refractivity (Wildman–Crippen MR) is 63.0 cm³/mol. The van der Waals surface area contributed by atoms with Gasteiger partial charge in [0.25, 0.3) is 0 Å². The van der Waals surface area contributed by atoms with Crippen LogP contribution in [0.4, 0.5) is 0 Å². The third-order valence-electron chi connectivity index (χ3n) is 3.78. The maximum atomic E-state index is 11.0. The van der Waals surface area contributed by atoms with Gasteiger partial charge in [0.1, 0.15) is 0 Å². The van der Waals surface area contributed by atoms with E-state index in [2.05, 4.69) is 0 Å². The number of allylic oxidation sites excluding steroid dienone is 1. The summed E-state index contributed by atoms with van der Waals surface area (Å²) < 4.78 is 0. The van der Waals surface area contributed by atoms with Gasteiger partial charge in [-0.1, -0.05) is 20.8 Å². The molecule has 0 saturated heterocycles. The van der Waals surface area contributed by atoms with Crippen molar-refractivity contribution in [1.82, 2.24) is 0 Å². The molecule has 0 spiro atoms. The molecule has 0 aromatic carbocycles. The van der Waals surface area contributed by atoms with Gasteiger partial charge in [0.05, 0.1) is 11.7 Å². The number of hydrogen-bond acceptors (Lipinski definition) is 3. The Morgan fingerprint density at radius 3 is 2.44 bits per heavy atom. The largest absolute Gasteiger partial charge is 0.393 e. The van der Waals surface area contributed by atoms with Crippen molar-refractivity contribution in [2.45, 2.75) is 52.2 Å². The Morgan fingerprint density at radius 1 is 1.44 bits per heavy atom. The van der Waals surface area contributed by atoms with Gasteiger partial charge in [0.2, 0.25) is 0 Å². The fourth-order valence-electron chi connectivity index (χ4n) is 2.72. The lowest BCUT2D eigenvalue weighted by atomic mass is 9.60. The fraction of sp³-hybridized carbons (Fsp3) is 0.769. The third-order valence-corrected chi connectivity index (χ3v) is 3.78. The minimum Gasteiger partial charge on any atom is -0.393 e. The van der Waals surface area contributed by atoms with E-state index in [4.69, 9.17) is 0 Å². The topological polar surface area (TPSA) is 57.5 Å². The highest BCUT2D eigenvalue weighted by molar-refractivity contribution is 5.87. The van der Waals surface area contributed by atoms with Crippen LogP contribution in [0, 0.1) is 11.3 Å². The molecule has 3 heteroatoms. The van der Waals surface area contributed by atoms with Gasteiger partial charge in [0, 0.05) is 0 Å². The number of hydrogen-bond donors (Lipinski definition) is 2. The SMILES string of the molecule is CC(=O)/C=C/C1(O)C(C)CC(O)CC1(C)C. The van der Waals surface area contributed by atoms with Gasteiger partial charge in [-0.25, -0.2) is 0 Å². The number of ketones is 1. The summed E-state index contributed by atoms with van der Waals surface area (Å²) in [6.45, 7) is 7.23. The molecular formula is C13H22O3. The van der Waals surface area contributed by atoms with Crippen molar-refractivity contribution < 1.29 is 15.0 Å². The minimum atomic E-state index is -1.02. The summed E-state index contributed by atoms with van der Waals surface area (Å²) in [4.78, 5) is 11.0. The highest BCUT2D eigenvalue weighted by atomic mass is 16.3. The zero-order valence-electron chi connectivity index (χ0n) is 10.5. The molecule has 1 aliphatic carbocycles. The van der Waals surface area contributed by atoms with Gasteiger partial charge in [-0.3, -0.25) is 4.79 Å². The molecular weight excluding hydrogens is 204 g/mol. The Morgan fingerprint density at radius 2 is 2.00 bits per heavy atom. The molecule has 0 radical (unpaired) electrons. The Bertz CT molecular complexity index is 306. The quantitative estimate of drug-likeness (QED) is 0.704. The van der Waals surface area contributed by atoms with E-state index in [0.29, 0.717) is 12.8 Å². The summed E-state index contributed by atoms with van der Waals surface area (Å²) >= 11 is 0. The van der Waals surface area contributed by atoms with E-state index >= 15 is 0 Å². The summed E-state index contributed by atoms with van der Waals surface area (Å²) in [5, 5.41) is 20.4. The molecule has 0 aromatic rings. The van der Waals surface area contributed by atoms with E-state index in [9.17, 15) is 15.0 Å². The molecule has 16 heavy (non-hydrogen) atoms. The van der Waals surface area contributed by atoms with E-state index in [1.54, 1.807) is 6.08 Å². The van der Waals surface area contributed by atoms with Crippen molar-refractivity contribution in [3.63, 3.8) is 0 Å². The number of aliphatic hydroxyl groups excluding tert-OH is 1. The standard InChI is InChI=1S/C13H22O3/c1-9-7-11(15)8-12(3,4)13(9,16)6-5-10(2)14/h5-6,9,11,15-16H,7-8H2,1-4H3/b6-5+. The van der Waals surface area contributed by atoms with Crippen molar-refractivity contribution >= 4 is 5.78 Å². The number of carbonyl (C=O) groups excluding carboxylic acids is 1. The van der Waals surface area contributed by atoms with Crippen LogP contribution in [-0.4, -0.2) is 27.7 Å². The first-order valence-electron chi connectivity index (χ1n) is 5.79. The van der Waals surface area contributed by atoms with E-state index < -0.39 is 11.0 Å². The molecule has 3 nitrogen and oxygen atoms in total. The number of carbonyl (C=O) groups is 1. The highest BCUT2D eigenvalue weighted by Gasteiger charge is 2.50. The first kappa shape index (κ1) is 13.4. The summed E-state index contributed by atoms with van der Waals surface area (Å²) in [7, 11) is 0. The van der Waals surface area contributed by atoms with Crippen LogP contribution in [-0.2, 0) is 4.79 Å². The molecule has 3 atom stereocenters. The van der Waals surface area contributed by atoms with Crippen LogP contribution in [0.3, 0.4) is 0 Å². The highest BCUT2D eigenvalue weighted by Crippen LogP contribution is 2.47. The third kappa shape index (κ3) is 2.36. The summed E-state index contributed by atoms with van der Waals surface area (Å²) in [5.41, 5.74) is -1.44. The van der Waals surface area contributed by atoms with Gasteiger partial charge < -0.3 is 10.2 Å². The van der Waals surface area contributed by atoms with E-state index in [0.717, 1.165) is 0 Å². The fourth-order valence-corrected chi connectivity index (χ4v) is 2.72. The molecule has 1 saturated carbocycles. The molecule has 0 amide bonds. The Hall–Kier alpha value is -0.670. The van der Waals surface area contributed by atoms with Crippen LogP contribution >= 0.6 is 0 Å². The molecule has 0 bridgehead atoms. The van der Waals surface area contributed by atoms with E-state index in [1.165, 1.54) is 13.0 Å². The monoisotopic (exact) mass is 226 g/mol. The van der Waals surface area contributed by atoms with Crippen molar-refractivity contribution in [2.75, 3.05) is 0 Å². The van der Waals surface area contributed by atoms with Gasteiger partial charge in [-0.2, -0.15) is 0 Å². The van der Waals surface area contributed by atoms with E-state index in [-0.39, 0.29) is 17.8 Å². The van der Waals surface area contributed by atoms with Crippen LogP contribution in [0.2, 0.25) is 0 Å². The average Bonchev–Trinajstić information content (AvgIpc) is 2.10. The lowest BCUT2D eigenvalue weighted by Gasteiger charge is -2.50. The van der Waals surface area contributed by atoms with Crippen molar-refractivity contribution in [3.8, 4) is 0 Å². The number of rotatable bonds is 2. The zero-order chi connectivity index (χ0) is 12.6. The first-order chi connectivity index (χ1) is 7.19. The zero-order valence-corrected chi connectivity index (χ0v) is 10.5. The molecule has 0 heterocycles. The normalized spacial score (nSPS) is 38.9. The molecule has 0 aromatic heterocycles. The van der Waals surface area contributed by atoms with Crippen LogP contribution in [0.5, 0.6) is 0 Å². The summed E-state index contributed by atoms with van der Waals surface area (Å²) in [6.07, 6.45) is 3.79. The maximum Gasteiger partial charge on any atom is 0.152 e. The molecule has 0 aliphatic heterocycles. The van der Waals surface area contributed by atoms with E-state index in [1.807, 2.05) is 20.8 Å². The lowest BCUT2D eigenvalue weighted by Crippen LogP contribution is -2.54. The minimum absolute atomic E-state index is 0.0538. The maximum absolute atomic E-state index is 11.0. The number of aliphatic hydroxyl groups is 2. The molecule has 3 unspecified atom stereocenters. The van der Waals surface area contributed by atoms with Gasteiger partial charge >= 0.3 is 0 Å². The second-order valence-electron chi connectivity index (χ2n) is 5.65. The molecule has 92 valence electrons. The van der Waals surface area contributed by atoms with Gasteiger partial charge in [-0.15, -0.1) is 0 Å². The molecule has 1 rings (SSSR count). The second kappa shape index (κ2) is 4.30. The molecule has 1 fully saturated rings. The Kier molecular flexibility index (Phi) is 3.60. The summed E-state index contributed by atoms with van der Waals surface area (Å²) in [5.74, 6) is -0.121. The van der Waals surface area contributed by atoms with Crippen molar-refractivity contribution in [1.29, 1.82) is 0 Å². The smallest absolute Gasteiger partial charge is 0.152 e. The van der Waals surface area contributed by atoms with Crippen molar-refractivity contribution in [2.24, 2.45) is 11.3 Å². The van der Waals surface area contributed by atoms with Gasteiger partial charge in [0.15, 0.2) is 5.78 Å². The lowest BCUT2D eigenvalue weighted by molar-refractivity contribution is -0.128. The molecule has 2 N–H and O–H groups in total. The van der Waals surface area contributed by atoms with Gasteiger partial charge in [-0.05, 0) is 43.3 Å². The van der Waals surface area contributed by atoms with Crippen molar-refractivity contribution in [3.05, 3.63) is 12.2 Å². The van der Waals surface area contributed by atoms with Crippen LogP contribution in [0.1, 0.15) is 40.5 Å².